The molecule has 0 atom stereocenters. The minimum absolute atomic E-state index is 0.670. The topological polar surface area (TPSA) is 18.8 Å². The van der Waals surface area contributed by atoms with Crippen molar-refractivity contribution in [1.29, 1.82) is 0 Å². The molecule has 0 N–H and O–H groups in total. The zero-order valence-corrected chi connectivity index (χ0v) is 21.3. The number of hydrogen-bond acceptors (Lipinski definition) is 2. The van der Waals surface area contributed by atoms with E-state index >= 15 is 0 Å². The zero-order valence-electron chi connectivity index (χ0n) is 20.5. The minimum atomic E-state index is -0.670. The molecule has 5 aromatic rings. The number of benzene rings is 5. The Morgan fingerprint density at radius 1 is 0.595 bits per heavy atom. The molecule has 180 valence electrons. The highest BCUT2D eigenvalue weighted by molar-refractivity contribution is 6.31. The van der Waals surface area contributed by atoms with Crippen LogP contribution in [0.2, 0.25) is 5.02 Å². The van der Waals surface area contributed by atoms with Gasteiger partial charge in [-0.3, -0.25) is 5.01 Å². The number of halogens is 1. The van der Waals surface area contributed by atoms with Crippen molar-refractivity contribution in [1.82, 2.24) is 0 Å². The summed E-state index contributed by atoms with van der Waals surface area (Å²) in [5, 5.41) is 5.19. The summed E-state index contributed by atoms with van der Waals surface area (Å²) in [6.45, 7) is 2.09. The first-order valence-electron chi connectivity index (χ1n) is 12.4. The Labute approximate surface area is 222 Å². The second-order valence-corrected chi connectivity index (χ2v) is 9.59. The summed E-state index contributed by atoms with van der Waals surface area (Å²) in [6.07, 6.45) is 0. The van der Waals surface area contributed by atoms with Crippen LogP contribution in [0.4, 0.5) is 17.1 Å². The molecule has 1 fully saturated rings. The third-order valence-electron chi connectivity index (χ3n) is 6.75. The predicted molar refractivity (Wildman–Crippen MR) is 155 cm³/mol. The standard InChI is InChI=1S/C33H26ClN3/c1-25-20-22-29(23-21-25)35-32-33(26-12-5-2-6-13-26,27-14-7-3-8-15-27)37(30-17-9-4-10-18-30)36(32)31-19-11-16-28(34)24-31/h2-24H,1H3. The van der Waals surface area contributed by atoms with Crippen LogP contribution in [0.5, 0.6) is 0 Å². The van der Waals surface area contributed by atoms with Gasteiger partial charge in [0.2, 0.25) is 0 Å². The first-order valence-corrected chi connectivity index (χ1v) is 12.7. The number of aryl methyl sites for hydroxylation is 1. The molecule has 0 radical (unpaired) electrons. The van der Waals surface area contributed by atoms with Gasteiger partial charge in [0.25, 0.3) is 0 Å². The van der Waals surface area contributed by atoms with E-state index in [0.29, 0.717) is 5.02 Å². The van der Waals surface area contributed by atoms with E-state index in [1.807, 2.05) is 24.3 Å². The normalized spacial score (nSPS) is 15.5. The number of para-hydroxylation sites is 1. The summed E-state index contributed by atoms with van der Waals surface area (Å²) < 4.78 is 0. The van der Waals surface area contributed by atoms with Crippen molar-refractivity contribution in [2.75, 3.05) is 10.0 Å². The third kappa shape index (κ3) is 3.98. The van der Waals surface area contributed by atoms with E-state index in [1.165, 1.54) is 5.56 Å². The molecule has 1 saturated heterocycles. The smallest absolute Gasteiger partial charge is 0.171 e. The lowest BCUT2D eigenvalue weighted by Gasteiger charge is -2.62. The van der Waals surface area contributed by atoms with Crippen LogP contribution in [0.25, 0.3) is 0 Å². The summed E-state index contributed by atoms with van der Waals surface area (Å²) in [6, 6.07) is 48.0. The molecule has 1 heterocycles. The van der Waals surface area contributed by atoms with Crippen LogP contribution in [0.3, 0.4) is 0 Å². The van der Waals surface area contributed by atoms with Crippen LogP contribution >= 0.6 is 11.6 Å². The van der Waals surface area contributed by atoms with E-state index in [9.17, 15) is 0 Å². The van der Waals surface area contributed by atoms with Crippen molar-refractivity contribution in [2.45, 2.75) is 12.5 Å². The molecule has 3 nitrogen and oxygen atoms in total. The SMILES string of the molecule is Cc1ccc(N=C2N(c3cccc(Cl)c3)N(c3ccccc3)C2(c2ccccc2)c2ccccc2)cc1. The maximum absolute atomic E-state index is 6.51. The van der Waals surface area contributed by atoms with Gasteiger partial charge in [0.15, 0.2) is 11.4 Å². The van der Waals surface area contributed by atoms with Gasteiger partial charge in [-0.2, -0.15) is 0 Å². The molecule has 0 spiro atoms. The summed E-state index contributed by atoms with van der Waals surface area (Å²) in [5.74, 6) is 0.903. The second kappa shape index (κ2) is 9.61. The predicted octanol–water partition coefficient (Wildman–Crippen LogP) is 8.56. The molecule has 0 aromatic heterocycles. The molecule has 0 unspecified atom stereocenters. The van der Waals surface area contributed by atoms with Crippen LogP contribution in [0, 0.1) is 6.92 Å². The Morgan fingerprint density at radius 3 is 1.70 bits per heavy atom. The Kier molecular flexibility index (Phi) is 5.99. The quantitative estimate of drug-likeness (QED) is 0.241. The van der Waals surface area contributed by atoms with Crippen molar-refractivity contribution in [2.24, 2.45) is 4.99 Å². The lowest BCUT2D eigenvalue weighted by atomic mass is 9.76. The van der Waals surface area contributed by atoms with Crippen LogP contribution in [0.15, 0.2) is 145 Å². The van der Waals surface area contributed by atoms with Gasteiger partial charge in [-0.15, -0.1) is 0 Å². The summed E-state index contributed by atoms with van der Waals surface area (Å²) in [5.41, 5.74) is 5.70. The van der Waals surface area contributed by atoms with Gasteiger partial charge < -0.3 is 0 Å². The van der Waals surface area contributed by atoms with E-state index in [2.05, 4.69) is 132 Å². The summed E-state index contributed by atoms with van der Waals surface area (Å²) in [7, 11) is 0. The number of nitrogens with zero attached hydrogens (tertiary/aromatic N) is 3. The van der Waals surface area contributed by atoms with Crippen molar-refractivity contribution >= 4 is 34.5 Å². The minimum Gasteiger partial charge on any atom is -0.257 e. The summed E-state index contributed by atoms with van der Waals surface area (Å²) in [4.78, 5) is 5.33. The number of rotatable bonds is 5. The number of hydrazine groups is 1. The summed E-state index contributed by atoms with van der Waals surface area (Å²) >= 11 is 6.51. The van der Waals surface area contributed by atoms with Gasteiger partial charge in [0, 0.05) is 5.02 Å². The van der Waals surface area contributed by atoms with Gasteiger partial charge in [0.1, 0.15) is 0 Å². The zero-order chi connectivity index (χ0) is 25.2. The highest BCUT2D eigenvalue weighted by atomic mass is 35.5. The van der Waals surface area contributed by atoms with Crippen molar-refractivity contribution in [3.05, 3.63) is 161 Å². The average Bonchev–Trinajstić information content (AvgIpc) is 2.94. The molecule has 0 aliphatic carbocycles. The van der Waals surface area contributed by atoms with E-state index in [1.54, 1.807) is 0 Å². The van der Waals surface area contributed by atoms with Gasteiger partial charge >= 0.3 is 0 Å². The number of aliphatic imine (C=N–C) groups is 1. The third-order valence-corrected chi connectivity index (χ3v) is 6.98. The molecule has 0 amide bonds. The number of hydrogen-bond donors (Lipinski definition) is 0. The van der Waals surface area contributed by atoms with Crippen molar-refractivity contribution < 1.29 is 0 Å². The molecule has 0 bridgehead atoms. The van der Waals surface area contributed by atoms with Crippen molar-refractivity contribution in [3.63, 3.8) is 0 Å². The first kappa shape index (κ1) is 23.1. The maximum atomic E-state index is 6.51. The average molecular weight is 500 g/mol. The van der Waals surface area contributed by atoms with Crippen LogP contribution in [0.1, 0.15) is 16.7 Å². The Morgan fingerprint density at radius 2 is 1.14 bits per heavy atom. The molecule has 0 saturated carbocycles. The second-order valence-electron chi connectivity index (χ2n) is 9.15. The molecule has 5 aromatic carbocycles. The first-order chi connectivity index (χ1) is 18.2. The molecular weight excluding hydrogens is 474 g/mol. The Balaban J connectivity index is 1.70. The van der Waals surface area contributed by atoms with E-state index in [4.69, 9.17) is 16.6 Å². The fourth-order valence-corrected chi connectivity index (χ4v) is 5.25. The largest absolute Gasteiger partial charge is 0.257 e. The lowest BCUT2D eigenvalue weighted by molar-refractivity contribution is 0.535. The monoisotopic (exact) mass is 499 g/mol. The van der Waals surface area contributed by atoms with Crippen LogP contribution in [-0.4, -0.2) is 5.84 Å². The molecule has 1 aliphatic heterocycles. The van der Waals surface area contributed by atoms with Gasteiger partial charge in [-0.25, -0.2) is 10.0 Å². The lowest BCUT2D eigenvalue weighted by Crippen LogP contribution is -2.77. The van der Waals surface area contributed by atoms with Crippen molar-refractivity contribution in [3.8, 4) is 0 Å². The molecule has 6 rings (SSSR count). The molecule has 37 heavy (non-hydrogen) atoms. The fourth-order valence-electron chi connectivity index (χ4n) is 5.07. The molecule has 4 heteroatoms. The van der Waals surface area contributed by atoms with E-state index in [-0.39, 0.29) is 0 Å². The van der Waals surface area contributed by atoms with E-state index < -0.39 is 5.54 Å². The fraction of sp³-hybridized carbons (Fsp3) is 0.0606. The number of amidine groups is 1. The Bertz CT molecular complexity index is 1490. The highest BCUT2D eigenvalue weighted by Gasteiger charge is 2.60. The number of anilines is 2. The molecule has 1 aliphatic rings. The van der Waals surface area contributed by atoms with Gasteiger partial charge in [-0.1, -0.05) is 114 Å². The van der Waals surface area contributed by atoms with Gasteiger partial charge in [-0.05, 0) is 60.5 Å². The maximum Gasteiger partial charge on any atom is 0.171 e. The Hall–Kier alpha value is -4.34. The molecular formula is C33H26ClN3. The van der Waals surface area contributed by atoms with Gasteiger partial charge in [0.05, 0.1) is 17.1 Å². The van der Waals surface area contributed by atoms with E-state index in [0.717, 1.165) is 34.0 Å². The highest BCUT2D eigenvalue weighted by Crippen LogP contribution is 2.52. The van der Waals surface area contributed by atoms with Crippen LogP contribution < -0.4 is 10.0 Å². The van der Waals surface area contributed by atoms with Crippen LogP contribution in [-0.2, 0) is 5.54 Å².